The SMILES string of the molecule is Nc1n[nH]c(-c2cnsc2)c1F. The Kier molecular flexibility index (Phi) is 1.54. The minimum Gasteiger partial charge on any atom is -0.380 e. The number of anilines is 1. The zero-order valence-electron chi connectivity index (χ0n) is 5.91. The molecule has 2 aromatic heterocycles. The Bertz CT molecular complexity index is 380. The molecule has 0 fully saturated rings. The van der Waals surface area contributed by atoms with E-state index in [0.29, 0.717) is 11.3 Å². The summed E-state index contributed by atoms with van der Waals surface area (Å²) in [6.45, 7) is 0. The largest absolute Gasteiger partial charge is 0.380 e. The van der Waals surface area contributed by atoms with Gasteiger partial charge in [-0.25, -0.2) is 8.76 Å². The van der Waals surface area contributed by atoms with E-state index in [1.807, 2.05) is 0 Å². The van der Waals surface area contributed by atoms with Gasteiger partial charge in [0.2, 0.25) is 0 Å². The summed E-state index contributed by atoms with van der Waals surface area (Å²) in [5, 5.41) is 7.74. The highest BCUT2D eigenvalue weighted by atomic mass is 32.1. The van der Waals surface area contributed by atoms with Crippen molar-refractivity contribution in [3.63, 3.8) is 0 Å². The molecule has 0 aromatic carbocycles. The minimum absolute atomic E-state index is 0.115. The van der Waals surface area contributed by atoms with Crippen molar-refractivity contribution in [2.45, 2.75) is 0 Å². The van der Waals surface area contributed by atoms with Gasteiger partial charge in [0.25, 0.3) is 0 Å². The molecular weight excluding hydrogens is 179 g/mol. The molecule has 0 amide bonds. The molecule has 2 rings (SSSR count). The van der Waals surface area contributed by atoms with Crippen LogP contribution in [0.15, 0.2) is 11.6 Å². The van der Waals surface area contributed by atoms with Gasteiger partial charge in [-0.15, -0.1) is 0 Å². The number of aromatic nitrogens is 3. The number of nitrogens with zero attached hydrogens (tertiary/aromatic N) is 2. The predicted molar refractivity (Wildman–Crippen MR) is 44.1 cm³/mol. The van der Waals surface area contributed by atoms with E-state index in [9.17, 15) is 4.39 Å². The minimum atomic E-state index is -0.518. The van der Waals surface area contributed by atoms with E-state index in [1.54, 1.807) is 11.6 Å². The summed E-state index contributed by atoms with van der Waals surface area (Å²) in [7, 11) is 0. The van der Waals surface area contributed by atoms with Crippen LogP contribution >= 0.6 is 11.5 Å². The van der Waals surface area contributed by atoms with Crippen LogP contribution in [0, 0.1) is 5.82 Å². The molecule has 0 saturated carbocycles. The first-order valence-electron chi connectivity index (χ1n) is 3.18. The molecule has 0 saturated heterocycles. The first-order chi connectivity index (χ1) is 5.79. The maximum atomic E-state index is 13.1. The average Bonchev–Trinajstić information content (AvgIpc) is 2.64. The third-order valence-electron chi connectivity index (χ3n) is 1.45. The first-order valence-corrected chi connectivity index (χ1v) is 4.02. The van der Waals surface area contributed by atoms with Crippen molar-refractivity contribution in [2.75, 3.05) is 5.73 Å². The van der Waals surface area contributed by atoms with Gasteiger partial charge in [-0.05, 0) is 11.5 Å². The molecule has 0 bridgehead atoms. The lowest BCUT2D eigenvalue weighted by Gasteiger charge is -1.88. The normalized spacial score (nSPS) is 10.4. The predicted octanol–water partition coefficient (Wildman–Crippen LogP) is 1.25. The van der Waals surface area contributed by atoms with Crippen LogP contribution in [-0.2, 0) is 0 Å². The number of nitrogen functional groups attached to an aromatic ring is 1. The molecule has 0 aliphatic rings. The topological polar surface area (TPSA) is 67.6 Å². The smallest absolute Gasteiger partial charge is 0.192 e. The zero-order valence-corrected chi connectivity index (χ0v) is 6.73. The third-order valence-corrected chi connectivity index (χ3v) is 2.04. The van der Waals surface area contributed by atoms with Gasteiger partial charge in [-0.3, -0.25) is 5.10 Å². The van der Waals surface area contributed by atoms with Crippen LogP contribution in [0.3, 0.4) is 0 Å². The summed E-state index contributed by atoms with van der Waals surface area (Å²) in [6, 6.07) is 0. The van der Waals surface area contributed by atoms with Crippen LogP contribution in [0.25, 0.3) is 11.3 Å². The van der Waals surface area contributed by atoms with Gasteiger partial charge in [0.15, 0.2) is 11.6 Å². The highest BCUT2D eigenvalue weighted by Gasteiger charge is 2.12. The number of hydrogen-bond donors (Lipinski definition) is 2. The molecule has 2 aromatic rings. The quantitative estimate of drug-likeness (QED) is 0.701. The van der Waals surface area contributed by atoms with E-state index in [-0.39, 0.29) is 5.82 Å². The number of rotatable bonds is 1. The molecule has 0 unspecified atom stereocenters. The number of aromatic amines is 1. The summed E-state index contributed by atoms with van der Waals surface area (Å²) >= 11 is 1.25. The maximum absolute atomic E-state index is 13.1. The number of hydrogen-bond acceptors (Lipinski definition) is 4. The van der Waals surface area contributed by atoms with E-state index in [0.717, 1.165) is 0 Å². The first kappa shape index (κ1) is 7.23. The van der Waals surface area contributed by atoms with Crippen LogP contribution in [-0.4, -0.2) is 14.6 Å². The molecule has 3 N–H and O–H groups in total. The average molecular weight is 184 g/mol. The lowest BCUT2D eigenvalue weighted by atomic mass is 10.2. The highest BCUT2D eigenvalue weighted by Crippen LogP contribution is 2.23. The zero-order chi connectivity index (χ0) is 8.55. The molecule has 0 atom stereocenters. The van der Waals surface area contributed by atoms with Crippen LogP contribution in [0.1, 0.15) is 0 Å². The van der Waals surface area contributed by atoms with Crippen molar-refractivity contribution in [3.05, 3.63) is 17.4 Å². The summed E-state index contributed by atoms with van der Waals surface area (Å²) in [6.07, 6.45) is 1.56. The standard InChI is InChI=1S/C6H5FN4S/c7-4-5(10-11-6(4)8)3-1-9-12-2-3/h1-2H,(H3,8,10,11). The van der Waals surface area contributed by atoms with Gasteiger partial charge in [0, 0.05) is 10.9 Å². The molecule has 12 heavy (non-hydrogen) atoms. The van der Waals surface area contributed by atoms with Crippen molar-refractivity contribution < 1.29 is 4.39 Å². The molecule has 0 spiro atoms. The number of nitrogens with two attached hydrogens (primary N) is 1. The third kappa shape index (κ3) is 0.964. The van der Waals surface area contributed by atoms with Gasteiger partial charge >= 0.3 is 0 Å². The Morgan fingerprint density at radius 1 is 1.58 bits per heavy atom. The molecule has 0 aliphatic heterocycles. The summed E-state index contributed by atoms with van der Waals surface area (Å²) in [5.41, 5.74) is 6.17. The summed E-state index contributed by atoms with van der Waals surface area (Å²) < 4.78 is 16.9. The second kappa shape index (κ2) is 2.56. The maximum Gasteiger partial charge on any atom is 0.192 e. The number of H-pyrrole nitrogens is 1. The van der Waals surface area contributed by atoms with E-state index >= 15 is 0 Å². The van der Waals surface area contributed by atoms with Crippen LogP contribution in [0.5, 0.6) is 0 Å². The van der Waals surface area contributed by atoms with Gasteiger partial charge in [0.1, 0.15) is 5.69 Å². The fourth-order valence-electron chi connectivity index (χ4n) is 0.862. The van der Waals surface area contributed by atoms with Gasteiger partial charge < -0.3 is 5.73 Å². The molecule has 0 radical (unpaired) electrons. The summed E-state index contributed by atoms with van der Waals surface area (Å²) in [5.74, 6) is -0.633. The van der Waals surface area contributed by atoms with Crippen molar-refractivity contribution in [1.82, 2.24) is 14.6 Å². The monoisotopic (exact) mass is 184 g/mol. The molecule has 62 valence electrons. The van der Waals surface area contributed by atoms with Crippen molar-refractivity contribution >= 4 is 17.4 Å². The second-order valence-electron chi connectivity index (χ2n) is 2.21. The molecule has 2 heterocycles. The lowest BCUT2D eigenvalue weighted by molar-refractivity contribution is 0.636. The van der Waals surface area contributed by atoms with E-state index in [4.69, 9.17) is 5.73 Å². The Morgan fingerprint density at radius 2 is 2.42 bits per heavy atom. The van der Waals surface area contributed by atoms with Crippen molar-refractivity contribution in [2.24, 2.45) is 0 Å². The van der Waals surface area contributed by atoms with Crippen molar-refractivity contribution in [3.8, 4) is 11.3 Å². The van der Waals surface area contributed by atoms with Crippen LogP contribution < -0.4 is 5.73 Å². The second-order valence-corrected chi connectivity index (χ2v) is 2.87. The van der Waals surface area contributed by atoms with E-state index in [1.165, 1.54) is 11.5 Å². The Hall–Kier alpha value is -1.43. The molecular formula is C6H5FN4S. The number of halogens is 1. The molecule has 0 aliphatic carbocycles. The highest BCUT2D eigenvalue weighted by molar-refractivity contribution is 7.03. The molecule has 6 heteroatoms. The van der Waals surface area contributed by atoms with Crippen LogP contribution in [0.2, 0.25) is 0 Å². The van der Waals surface area contributed by atoms with E-state index in [2.05, 4.69) is 14.6 Å². The summed E-state index contributed by atoms with van der Waals surface area (Å²) in [4.78, 5) is 0. The van der Waals surface area contributed by atoms with Gasteiger partial charge in [-0.2, -0.15) is 5.10 Å². The number of nitrogens with one attached hydrogen (secondary N) is 1. The Labute approximate surface area is 71.4 Å². The van der Waals surface area contributed by atoms with Gasteiger partial charge in [0.05, 0.1) is 6.20 Å². The fraction of sp³-hybridized carbons (Fsp3) is 0. The van der Waals surface area contributed by atoms with Gasteiger partial charge in [-0.1, -0.05) is 0 Å². The fourth-order valence-corrected chi connectivity index (χ4v) is 1.39. The Balaban J connectivity index is 2.55. The Morgan fingerprint density at radius 3 is 2.92 bits per heavy atom. The van der Waals surface area contributed by atoms with Crippen LogP contribution in [0.4, 0.5) is 10.2 Å². The van der Waals surface area contributed by atoms with E-state index < -0.39 is 5.82 Å². The molecule has 4 nitrogen and oxygen atoms in total. The lowest BCUT2D eigenvalue weighted by Crippen LogP contribution is -1.86. The van der Waals surface area contributed by atoms with Crippen molar-refractivity contribution in [1.29, 1.82) is 0 Å².